The third kappa shape index (κ3) is 6.49. The lowest BCUT2D eigenvalue weighted by Crippen LogP contribution is -2.45. The Morgan fingerprint density at radius 2 is 1.81 bits per heavy atom. The first-order chi connectivity index (χ1) is 17.8. The molecule has 3 aromatic rings. The molecule has 1 saturated heterocycles. The highest BCUT2D eigenvalue weighted by Gasteiger charge is 2.41. The second kappa shape index (κ2) is 12.3. The van der Waals surface area contributed by atoms with Gasteiger partial charge >= 0.3 is 5.97 Å². The number of fused-ring (bicyclic) bond motifs is 1. The number of pyridine rings is 1. The molecule has 0 unspecified atom stereocenters. The quantitative estimate of drug-likeness (QED) is 0.298. The predicted molar refractivity (Wildman–Crippen MR) is 147 cm³/mol. The molecule has 1 aliphatic rings. The molecule has 7 nitrogen and oxygen atoms in total. The van der Waals surface area contributed by atoms with E-state index in [0.717, 1.165) is 31.1 Å². The Bertz CT molecular complexity index is 1220. The van der Waals surface area contributed by atoms with Gasteiger partial charge in [-0.15, -0.1) is 11.8 Å². The highest BCUT2D eigenvalue weighted by atomic mass is 35.5. The van der Waals surface area contributed by atoms with Crippen molar-refractivity contribution in [2.45, 2.75) is 36.7 Å². The van der Waals surface area contributed by atoms with Crippen molar-refractivity contribution in [1.29, 1.82) is 0 Å². The molecule has 0 radical (unpaired) electrons. The molecule has 1 atom stereocenters. The number of hydrogen-bond donors (Lipinski definition) is 2. The highest BCUT2D eigenvalue weighted by molar-refractivity contribution is 7.99. The average molecular weight is 545 g/mol. The summed E-state index contributed by atoms with van der Waals surface area (Å²) in [5.74, 6) is 1.63. The molecule has 2 N–H and O–H groups in total. The summed E-state index contributed by atoms with van der Waals surface area (Å²) in [5.41, 5.74) is 0.417. The van der Waals surface area contributed by atoms with Gasteiger partial charge < -0.3 is 24.6 Å². The lowest BCUT2D eigenvalue weighted by atomic mass is 9.74. The number of carboxylic acid groups (broad SMARTS) is 1. The van der Waals surface area contributed by atoms with Gasteiger partial charge in [-0.25, -0.2) is 0 Å². The van der Waals surface area contributed by atoms with Crippen molar-refractivity contribution in [2.24, 2.45) is 5.41 Å². The number of methoxy groups -OCH3 is 2. The van der Waals surface area contributed by atoms with Crippen molar-refractivity contribution >= 4 is 40.2 Å². The van der Waals surface area contributed by atoms with Crippen molar-refractivity contribution < 1.29 is 24.5 Å². The van der Waals surface area contributed by atoms with Crippen molar-refractivity contribution in [3.63, 3.8) is 0 Å². The second-order valence-electron chi connectivity index (χ2n) is 9.41. The number of carbonyl (C=O) groups is 1. The van der Waals surface area contributed by atoms with Gasteiger partial charge in [-0.05, 0) is 81.2 Å². The van der Waals surface area contributed by atoms with Gasteiger partial charge in [0.15, 0.2) is 0 Å². The molecule has 2 heterocycles. The van der Waals surface area contributed by atoms with E-state index in [1.54, 1.807) is 26.0 Å². The summed E-state index contributed by atoms with van der Waals surface area (Å²) >= 11 is 8.23. The lowest BCUT2D eigenvalue weighted by Gasteiger charge is -2.39. The molecule has 1 fully saturated rings. The molecule has 2 aromatic carbocycles. The summed E-state index contributed by atoms with van der Waals surface area (Å²) in [7, 11) is 3.24. The molecule has 0 amide bonds. The fourth-order valence-corrected chi connectivity index (χ4v) is 6.12. The molecular weight excluding hydrogens is 512 g/mol. The smallest absolute Gasteiger partial charge is 0.309 e. The standard InChI is InChI=1S/C28H33ClN2O5S/c1-35-19-3-6-21(7-4-19)37-16-15-31-13-11-28(12-14-31,27(33)34)10-9-25(32)26-22-17-20(36-2)5-8-24(22)30-18-23(26)29/h3-8,17-18,25,32H,9-16H2,1-2H3,(H,33,34)/t25-/m1/s1. The number of halogens is 1. The third-order valence-corrected chi connectivity index (χ3v) is 8.59. The number of nitrogens with zero attached hydrogens (tertiary/aromatic N) is 2. The molecule has 4 rings (SSSR count). The Hall–Kier alpha value is -2.52. The van der Waals surface area contributed by atoms with Crippen molar-refractivity contribution in [2.75, 3.05) is 39.6 Å². The Morgan fingerprint density at radius 1 is 1.14 bits per heavy atom. The van der Waals surface area contributed by atoms with E-state index in [-0.39, 0.29) is 0 Å². The van der Waals surface area contributed by atoms with Gasteiger partial charge in [0.1, 0.15) is 11.5 Å². The third-order valence-electron chi connectivity index (χ3n) is 7.30. The minimum Gasteiger partial charge on any atom is -0.497 e. The van der Waals surface area contributed by atoms with E-state index in [1.807, 2.05) is 30.3 Å². The zero-order valence-electron chi connectivity index (χ0n) is 21.2. The van der Waals surface area contributed by atoms with Gasteiger partial charge in [0, 0.05) is 34.3 Å². The van der Waals surface area contributed by atoms with Crippen LogP contribution in [0.4, 0.5) is 0 Å². The molecule has 0 spiro atoms. The Labute approximate surface area is 226 Å². The maximum Gasteiger partial charge on any atom is 0.309 e. The zero-order valence-corrected chi connectivity index (χ0v) is 22.7. The van der Waals surface area contributed by atoms with Gasteiger partial charge in [-0.3, -0.25) is 9.78 Å². The number of aliphatic hydroxyl groups is 1. The van der Waals surface area contributed by atoms with Crippen molar-refractivity contribution in [1.82, 2.24) is 9.88 Å². The minimum absolute atomic E-state index is 0.301. The molecule has 9 heteroatoms. The molecule has 0 aliphatic carbocycles. The summed E-state index contributed by atoms with van der Waals surface area (Å²) in [4.78, 5) is 20.2. The van der Waals surface area contributed by atoms with Crippen LogP contribution in [0.25, 0.3) is 10.9 Å². The number of carboxylic acids is 1. The van der Waals surface area contributed by atoms with Crippen molar-refractivity contribution in [3.8, 4) is 11.5 Å². The molecule has 1 aromatic heterocycles. The summed E-state index contributed by atoms with van der Waals surface area (Å²) in [5, 5.41) is 22.4. The normalized spacial score (nSPS) is 16.4. The number of benzene rings is 2. The SMILES string of the molecule is COc1ccc(SCCN2CCC(CC[C@@H](O)c3c(Cl)cnc4ccc(OC)cc34)(C(=O)O)CC2)cc1. The maximum absolute atomic E-state index is 12.4. The average Bonchev–Trinajstić information content (AvgIpc) is 2.92. The first-order valence-corrected chi connectivity index (χ1v) is 13.7. The first kappa shape index (κ1) is 27.5. The van der Waals surface area contributed by atoms with Crippen LogP contribution in [-0.4, -0.2) is 65.7 Å². The van der Waals surface area contributed by atoms with Crippen LogP contribution in [0.1, 0.15) is 37.4 Å². The number of aliphatic hydroxyl groups excluding tert-OH is 1. The maximum atomic E-state index is 12.4. The van der Waals surface area contributed by atoms with Crippen LogP contribution in [0.2, 0.25) is 5.02 Å². The van der Waals surface area contributed by atoms with E-state index in [4.69, 9.17) is 21.1 Å². The summed E-state index contributed by atoms with van der Waals surface area (Å²) in [6.45, 7) is 2.35. The zero-order chi connectivity index (χ0) is 26.4. The van der Waals surface area contributed by atoms with Crippen LogP contribution >= 0.6 is 23.4 Å². The lowest BCUT2D eigenvalue weighted by molar-refractivity contribution is -0.153. The number of thioether (sulfide) groups is 1. The summed E-state index contributed by atoms with van der Waals surface area (Å²) in [6, 6.07) is 13.4. The van der Waals surface area contributed by atoms with E-state index in [2.05, 4.69) is 22.0 Å². The first-order valence-electron chi connectivity index (χ1n) is 12.4. The number of rotatable bonds is 11. The van der Waals surface area contributed by atoms with E-state index in [1.165, 1.54) is 11.1 Å². The predicted octanol–water partition coefficient (Wildman–Crippen LogP) is 5.68. The topological polar surface area (TPSA) is 92.1 Å². The molecule has 37 heavy (non-hydrogen) atoms. The summed E-state index contributed by atoms with van der Waals surface area (Å²) in [6.07, 6.45) is 2.42. The van der Waals surface area contributed by atoms with Gasteiger partial charge in [-0.2, -0.15) is 0 Å². The van der Waals surface area contributed by atoms with Gasteiger partial charge in [-0.1, -0.05) is 11.6 Å². The van der Waals surface area contributed by atoms with E-state index < -0.39 is 17.5 Å². The van der Waals surface area contributed by atoms with Crippen LogP contribution in [0.5, 0.6) is 11.5 Å². The number of piperidine rings is 1. The van der Waals surface area contributed by atoms with E-state index in [9.17, 15) is 15.0 Å². The minimum atomic E-state index is -0.903. The molecule has 1 aliphatic heterocycles. The van der Waals surface area contributed by atoms with E-state index >= 15 is 0 Å². The molecule has 198 valence electrons. The number of ether oxygens (including phenoxy) is 2. The summed E-state index contributed by atoms with van der Waals surface area (Å²) < 4.78 is 10.5. The number of aromatic nitrogens is 1. The monoisotopic (exact) mass is 544 g/mol. The molecule has 0 bridgehead atoms. The Morgan fingerprint density at radius 3 is 2.46 bits per heavy atom. The Kier molecular flexibility index (Phi) is 9.18. The van der Waals surface area contributed by atoms with Crippen LogP contribution < -0.4 is 9.47 Å². The van der Waals surface area contributed by atoms with Gasteiger partial charge in [0.2, 0.25) is 0 Å². The van der Waals surface area contributed by atoms with E-state index in [0.29, 0.717) is 52.9 Å². The number of hydrogen-bond acceptors (Lipinski definition) is 7. The van der Waals surface area contributed by atoms with Crippen molar-refractivity contribution in [3.05, 3.63) is 59.2 Å². The number of likely N-dealkylation sites (tertiary alicyclic amines) is 1. The fraction of sp³-hybridized carbons (Fsp3) is 0.429. The largest absolute Gasteiger partial charge is 0.497 e. The Balaban J connectivity index is 1.35. The second-order valence-corrected chi connectivity index (χ2v) is 11.0. The fourth-order valence-electron chi connectivity index (χ4n) is 4.93. The number of aliphatic carboxylic acids is 1. The molecular formula is C28H33ClN2O5S. The van der Waals surface area contributed by atoms with Crippen LogP contribution in [0.3, 0.4) is 0 Å². The van der Waals surface area contributed by atoms with Gasteiger partial charge in [0.25, 0.3) is 0 Å². The van der Waals surface area contributed by atoms with Crippen LogP contribution in [0.15, 0.2) is 53.6 Å². The highest BCUT2D eigenvalue weighted by Crippen LogP contribution is 2.41. The molecule has 0 saturated carbocycles. The van der Waals surface area contributed by atoms with Crippen LogP contribution in [0, 0.1) is 5.41 Å². The van der Waals surface area contributed by atoms with Crippen LogP contribution in [-0.2, 0) is 4.79 Å². The van der Waals surface area contributed by atoms with Gasteiger partial charge in [0.05, 0.1) is 36.3 Å².